The van der Waals surface area contributed by atoms with Gasteiger partial charge in [-0.3, -0.25) is 4.79 Å². The summed E-state index contributed by atoms with van der Waals surface area (Å²) in [6.45, 7) is 1.83. The van der Waals surface area contributed by atoms with Crippen LogP contribution < -0.4 is 10.1 Å². The molecule has 118 valence electrons. The van der Waals surface area contributed by atoms with Crippen molar-refractivity contribution in [1.29, 1.82) is 0 Å². The lowest BCUT2D eigenvalue weighted by molar-refractivity contribution is -0.115. The molecule has 1 aromatic carbocycles. The second-order valence-electron chi connectivity index (χ2n) is 4.76. The molecule has 0 saturated carbocycles. The van der Waals surface area contributed by atoms with Crippen molar-refractivity contribution in [3.05, 3.63) is 41.0 Å². The van der Waals surface area contributed by atoms with Gasteiger partial charge >= 0.3 is 0 Å². The number of hydrogen-bond acceptors (Lipinski definition) is 7. The van der Waals surface area contributed by atoms with Gasteiger partial charge < -0.3 is 14.6 Å². The minimum Gasteiger partial charge on any atom is -0.497 e. The molecule has 2 heterocycles. The van der Waals surface area contributed by atoms with Gasteiger partial charge in [-0.15, -0.1) is 10.2 Å². The van der Waals surface area contributed by atoms with Crippen LogP contribution in [-0.4, -0.2) is 28.4 Å². The second kappa shape index (κ2) is 6.57. The molecule has 0 radical (unpaired) electrons. The Morgan fingerprint density at radius 1 is 1.30 bits per heavy atom. The van der Waals surface area contributed by atoms with Crippen LogP contribution >= 0.6 is 11.3 Å². The van der Waals surface area contributed by atoms with Crippen LogP contribution in [0.25, 0.3) is 11.3 Å². The van der Waals surface area contributed by atoms with E-state index in [9.17, 15) is 4.79 Å². The molecule has 0 fully saturated rings. The Labute approximate surface area is 136 Å². The second-order valence-corrected chi connectivity index (χ2v) is 5.94. The number of nitrogens with one attached hydrogen (secondary N) is 1. The first-order valence-corrected chi connectivity index (χ1v) is 7.65. The molecule has 0 atom stereocenters. The van der Waals surface area contributed by atoms with Crippen molar-refractivity contribution in [1.82, 2.24) is 15.4 Å². The summed E-state index contributed by atoms with van der Waals surface area (Å²) in [6.07, 6.45) is 0.109. The number of amides is 1. The number of methoxy groups -OCH3 is 1. The Morgan fingerprint density at radius 3 is 2.74 bits per heavy atom. The molecule has 0 spiro atoms. The first-order valence-electron chi connectivity index (χ1n) is 6.84. The van der Waals surface area contributed by atoms with E-state index in [-0.39, 0.29) is 12.3 Å². The third-order valence-corrected chi connectivity index (χ3v) is 3.80. The lowest BCUT2D eigenvalue weighted by atomic mass is 10.1. The fourth-order valence-corrected chi connectivity index (χ4v) is 2.57. The number of carbonyl (C=O) groups is 1. The van der Waals surface area contributed by atoms with Crippen molar-refractivity contribution in [2.45, 2.75) is 13.3 Å². The summed E-state index contributed by atoms with van der Waals surface area (Å²) in [5.74, 6) is 1.15. The molecule has 0 aliphatic carbocycles. The predicted octanol–water partition coefficient (Wildman–Crippen LogP) is 2.69. The minimum absolute atomic E-state index is 0.109. The average Bonchev–Trinajstić information content (AvgIpc) is 3.16. The normalized spacial score (nSPS) is 10.5. The van der Waals surface area contributed by atoms with E-state index in [0.29, 0.717) is 16.6 Å². The minimum atomic E-state index is -0.212. The van der Waals surface area contributed by atoms with Crippen LogP contribution in [0.3, 0.4) is 0 Å². The van der Waals surface area contributed by atoms with Gasteiger partial charge in [0.1, 0.15) is 10.8 Å². The topological polar surface area (TPSA) is 90.1 Å². The Morgan fingerprint density at radius 2 is 2.09 bits per heavy atom. The molecule has 3 rings (SSSR count). The van der Waals surface area contributed by atoms with E-state index in [2.05, 4.69) is 20.7 Å². The van der Waals surface area contributed by atoms with Crippen molar-refractivity contribution in [3.8, 4) is 17.1 Å². The molecule has 0 aliphatic rings. The number of aryl methyl sites for hydroxylation is 1. The van der Waals surface area contributed by atoms with E-state index in [0.717, 1.165) is 16.3 Å². The van der Waals surface area contributed by atoms with Gasteiger partial charge in [-0.25, -0.2) is 0 Å². The SMILES string of the molecule is COc1ccc(-c2cc(CC(=O)Nc3nnc(C)s3)no2)cc1. The largest absolute Gasteiger partial charge is 0.497 e. The van der Waals surface area contributed by atoms with E-state index in [1.807, 2.05) is 31.2 Å². The molecule has 7 nitrogen and oxygen atoms in total. The summed E-state index contributed by atoms with van der Waals surface area (Å²) in [5, 5.41) is 15.6. The Kier molecular flexibility index (Phi) is 4.33. The molecule has 23 heavy (non-hydrogen) atoms. The van der Waals surface area contributed by atoms with E-state index in [1.165, 1.54) is 11.3 Å². The van der Waals surface area contributed by atoms with Crippen LogP contribution in [0.2, 0.25) is 0 Å². The molecule has 1 N–H and O–H groups in total. The Hall–Kier alpha value is -2.74. The van der Waals surface area contributed by atoms with Crippen LogP contribution in [0.15, 0.2) is 34.9 Å². The molecular weight excluding hydrogens is 316 g/mol. The molecule has 0 unspecified atom stereocenters. The Balaban J connectivity index is 1.65. The number of anilines is 1. The van der Waals surface area contributed by atoms with E-state index < -0.39 is 0 Å². The zero-order chi connectivity index (χ0) is 16.2. The fraction of sp³-hybridized carbons (Fsp3) is 0.200. The van der Waals surface area contributed by atoms with Crippen LogP contribution in [0.5, 0.6) is 5.75 Å². The van der Waals surface area contributed by atoms with Gasteiger partial charge in [0, 0.05) is 11.6 Å². The van der Waals surface area contributed by atoms with Gasteiger partial charge in [-0.05, 0) is 31.2 Å². The maximum absolute atomic E-state index is 11.9. The highest BCUT2D eigenvalue weighted by atomic mass is 32.1. The fourth-order valence-electron chi connectivity index (χ4n) is 1.96. The maximum atomic E-state index is 11.9. The molecule has 3 aromatic rings. The highest BCUT2D eigenvalue weighted by Crippen LogP contribution is 2.23. The number of aromatic nitrogens is 3. The highest BCUT2D eigenvalue weighted by molar-refractivity contribution is 7.15. The standard InChI is InChI=1S/C15H14N4O3S/c1-9-17-18-15(23-9)16-14(20)8-11-7-13(22-19-11)10-3-5-12(21-2)6-4-10/h3-7H,8H2,1-2H3,(H,16,18,20). The average molecular weight is 330 g/mol. The quantitative estimate of drug-likeness (QED) is 0.773. The van der Waals surface area contributed by atoms with Crippen LogP contribution in [-0.2, 0) is 11.2 Å². The smallest absolute Gasteiger partial charge is 0.232 e. The number of benzene rings is 1. The first kappa shape index (κ1) is 15.2. The number of hydrogen-bond donors (Lipinski definition) is 1. The van der Waals surface area contributed by atoms with Crippen LogP contribution in [0.4, 0.5) is 5.13 Å². The van der Waals surface area contributed by atoms with Crippen molar-refractivity contribution in [3.63, 3.8) is 0 Å². The summed E-state index contributed by atoms with van der Waals surface area (Å²) in [5.41, 5.74) is 1.42. The van der Waals surface area contributed by atoms with Gasteiger partial charge in [0.25, 0.3) is 0 Å². The molecular formula is C15H14N4O3S. The predicted molar refractivity (Wildman–Crippen MR) is 85.5 cm³/mol. The van der Waals surface area contributed by atoms with Gasteiger partial charge in [0.15, 0.2) is 5.76 Å². The van der Waals surface area contributed by atoms with Crippen molar-refractivity contribution in [2.24, 2.45) is 0 Å². The van der Waals surface area contributed by atoms with Crippen molar-refractivity contribution in [2.75, 3.05) is 12.4 Å². The number of carbonyl (C=O) groups excluding carboxylic acids is 1. The molecule has 1 amide bonds. The molecule has 0 saturated heterocycles. The molecule has 0 bridgehead atoms. The monoisotopic (exact) mass is 330 g/mol. The summed E-state index contributed by atoms with van der Waals surface area (Å²) in [6, 6.07) is 9.15. The van der Waals surface area contributed by atoms with Crippen LogP contribution in [0, 0.1) is 6.92 Å². The summed E-state index contributed by atoms with van der Waals surface area (Å²) in [4.78, 5) is 11.9. The molecule has 8 heteroatoms. The summed E-state index contributed by atoms with van der Waals surface area (Å²) in [7, 11) is 1.61. The summed E-state index contributed by atoms with van der Waals surface area (Å²) < 4.78 is 10.4. The number of ether oxygens (including phenoxy) is 1. The van der Waals surface area contributed by atoms with Gasteiger partial charge in [-0.1, -0.05) is 16.5 Å². The zero-order valence-electron chi connectivity index (χ0n) is 12.6. The van der Waals surface area contributed by atoms with Crippen molar-refractivity contribution < 1.29 is 14.1 Å². The lowest BCUT2D eigenvalue weighted by Gasteiger charge is -1.99. The molecule has 2 aromatic heterocycles. The number of nitrogens with zero attached hydrogens (tertiary/aromatic N) is 3. The summed E-state index contributed by atoms with van der Waals surface area (Å²) >= 11 is 1.32. The lowest BCUT2D eigenvalue weighted by Crippen LogP contribution is -2.14. The maximum Gasteiger partial charge on any atom is 0.232 e. The Bertz CT molecular complexity index is 810. The van der Waals surface area contributed by atoms with Gasteiger partial charge in [0.05, 0.1) is 19.2 Å². The van der Waals surface area contributed by atoms with Crippen LogP contribution in [0.1, 0.15) is 10.7 Å². The van der Waals surface area contributed by atoms with E-state index >= 15 is 0 Å². The van der Waals surface area contributed by atoms with Crippen molar-refractivity contribution >= 4 is 22.4 Å². The first-order chi connectivity index (χ1) is 11.1. The van der Waals surface area contributed by atoms with E-state index in [4.69, 9.17) is 9.26 Å². The van der Waals surface area contributed by atoms with E-state index in [1.54, 1.807) is 13.2 Å². The van der Waals surface area contributed by atoms with Gasteiger partial charge in [-0.2, -0.15) is 0 Å². The van der Waals surface area contributed by atoms with Gasteiger partial charge in [0.2, 0.25) is 11.0 Å². The third-order valence-electron chi connectivity index (χ3n) is 3.05. The molecule has 0 aliphatic heterocycles. The highest BCUT2D eigenvalue weighted by Gasteiger charge is 2.12. The number of rotatable bonds is 5. The zero-order valence-corrected chi connectivity index (χ0v) is 13.4. The third kappa shape index (κ3) is 3.72.